The SMILES string of the molecule is C=C(C(=O)O[C@@H]1CCN2CC=C(CO[Si](C)(C)C(C)(C)C)[C@H]12)C(C)[C@@H](C)[C@@](C)(O[Si](C)(C)C(C)(C)C)C(=O)OC(C)[Si](C)(C)C. The van der Waals surface area contributed by atoms with Crippen molar-refractivity contribution in [1.29, 1.82) is 0 Å². The van der Waals surface area contributed by atoms with E-state index in [0.717, 1.165) is 19.5 Å². The molecular formula is C35H67NO6Si3. The quantitative estimate of drug-likeness (QED) is 0.0837. The maximum Gasteiger partial charge on any atom is 0.337 e. The number of esters is 2. The molecule has 260 valence electrons. The first-order valence-corrected chi connectivity index (χ1v) is 26.3. The average molecular weight is 682 g/mol. The molecule has 6 atom stereocenters. The molecular weight excluding hydrogens is 615 g/mol. The van der Waals surface area contributed by atoms with Crippen LogP contribution in [0, 0.1) is 11.8 Å². The molecule has 0 aliphatic carbocycles. The Balaban J connectivity index is 2.25. The van der Waals surface area contributed by atoms with Gasteiger partial charge in [0.2, 0.25) is 0 Å². The molecule has 7 nitrogen and oxygen atoms in total. The van der Waals surface area contributed by atoms with Crippen molar-refractivity contribution in [3.8, 4) is 0 Å². The molecule has 2 unspecified atom stereocenters. The lowest BCUT2D eigenvalue weighted by Gasteiger charge is -2.47. The minimum absolute atomic E-state index is 0.0319. The Kier molecular flexibility index (Phi) is 12.3. The summed E-state index contributed by atoms with van der Waals surface area (Å²) >= 11 is 0. The second-order valence-corrected chi connectivity index (χ2v) is 33.1. The van der Waals surface area contributed by atoms with Gasteiger partial charge in [0.25, 0.3) is 0 Å². The predicted molar refractivity (Wildman–Crippen MR) is 194 cm³/mol. The molecule has 0 aromatic carbocycles. The Hall–Kier alpha value is -1.05. The van der Waals surface area contributed by atoms with E-state index in [9.17, 15) is 9.59 Å². The van der Waals surface area contributed by atoms with Gasteiger partial charge in [-0.1, -0.05) is 87.7 Å². The molecule has 10 heteroatoms. The highest BCUT2D eigenvalue weighted by molar-refractivity contribution is 6.77. The number of hydrogen-bond donors (Lipinski definition) is 0. The fourth-order valence-electron chi connectivity index (χ4n) is 5.24. The van der Waals surface area contributed by atoms with Gasteiger partial charge in [0.1, 0.15) is 6.10 Å². The van der Waals surface area contributed by atoms with Gasteiger partial charge in [0, 0.05) is 24.6 Å². The Morgan fingerprint density at radius 1 is 0.933 bits per heavy atom. The third kappa shape index (κ3) is 9.10. The lowest BCUT2D eigenvalue weighted by molar-refractivity contribution is -0.170. The first kappa shape index (κ1) is 40.1. The van der Waals surface area contributed by atoms with Crippen molar-refractivity contribution in [2.45, 2.75) is 155 Å². The molecule has 1 fully saturated rings. The summed E-state index contributed by atoms with van der Waals surface area (Å²) in [5, 5.41) is 0.00684. The van der Waals surface area contributed by atoms with Gasteiger partial charge in [-0.25, -0.2) is 9.59 Å². The normalized spacial score (nSPS) is 23.4. The highest BCUT2D eigenvalue weighted by Gasteiger charge is 2.53. The first-order chi connectivity index (χ1) is 20.1. The van der Waals surface area contributed by atoms with Crippen LogP contribution >= 0.6 is 0 Å². The lowest BCUT2D eigenvalue weighted by atomic mass is 9.78. The highest BCUT2D eigenvalue weighted by atomic mass is 28.4. The number of ether oxygens (including phenoxy) is 2. The van der Waals surface area contributed by atoms with Crippen molar-refractivity contribution in [3.63, 3.8) is 0 Å². The van der Waals surface area contributed by atoms with Gasteiger partial charge in [-0.3, -0.25) is 4.90 Å². The fraction of sp³-hybridized carbons (Fsp3) is 0.829. The maximum atomic E-state index is 14.0. The number of carbonyl (C=O) groups is 2. The van der Waals surface area contributed by atoms with Crippen LogP contribution in [-0.2, 0) is 27.9 Å². The Morgan fingerprint density at radius 3 is 1.96 bits per heavy atom. The summed E-state index contributed by atoms with van der Waals surface area (Å²) in [4.78, 5) is 30.1. The van der Waals surface area contributed by atoms with Crippen LogP contribution in [0.3, 0.4) is 0 Å². The van der Waals surface area contributed by atoms with E-state index in [0.29, 0.717) is 12.2 Å². The molecule has 2 aliphatic heterocycles. The van der Waals surface area contributed by atoms with E-state index in [1.54, 1.807) is 0 Å². The standard InChI is InChI=1S/C35H67NO6Si3/c1-24(26(3)35(11,42-45(17,18)34(8,9)10)32(38)40-27(4)43(12,13)14)25(2)31(37)41-29-20-22-36-21-19-28(30(29)36)23-39-44(15,16)33(5,6)7/h19,24,26-27,29-30H,2,20-23H2,1,3-18H3/t24?,26-,27?,29-,30-,35-/m1/s1. The van der Waals surface area contributed by atoms with E-state index < -0.39 is 36.3 Å². The van der Waals surface area contributed by atoms with Crippen LogP contribution in [0.25, 0.3) is 0 Å². The van der Waals surface area contributed by atoms with Crippen LogP contribution in [-0.4, -0.2) is 84.7 Å². The fourth-order valence-corrected chi connectivity index (χ4v) is 8.30. The summed E-state index contributed by atoms with van der Waals surface area (Å²) < 4.78 is 25.8. The third-order valence-corrected chi connectivity index (χ3v) is 23.3. The summed E-state index contributed by atoms with van der Waals surface area (Å²) in [5.74, 6) is -1.53. The smallest absolute Gasteiger partial charge is 0.337 e. The summed E-state index contributed by atoms with van der Waals surface area (Å²) in [6.07, 6.45) is 2.76. The van der Waals surface area contributed by atoms with Crippen molar-refractivity contribution < 1.29 is 27.9 Å². The molecule has 0 N–H and O–H groups in total. The predicted octanol–water partition coefficient (Wildman–Crippen LogP) is 8.35. The van der Waals surface area contributed by atoms with Crippen molar-refractivity contribution in [2.75, 3.05) is 19.7 Å². The van der Waals surface area contributed by atoms with Crippen LogP contribution in [0.4, 0.5) is 0 Å². The number of rotatable bonds is 13. The van der Waals surface area contributed by atoms with Crippen LogP contribution < -0.4 is 0 Å². The molecule has 2 rings (SSSR count). The first-order valence-electron chi connectivity index (χ1n) is 16.9. The molecule has 0 radical (unpaired) electrons. The monoisotopic (exact) mass is 681 g/mol. The zero-order chi connectivity index (χ0) is 35.1. The van der Waals surface area contributed by atoms with Crippen LogP contribution in [0.5, 0.6) is 0 Å². The van der Waals surface area contributed by atoms with Crippen LogP contribution in [0.2, 0.25) is 55.9 Å². The Labute approximate surface area is 279 Å². The molecule has 0 aromatic heterocycles. The van der Waals surface area contributed by atoms with Crippen LogP contribution in [0.1, 0.15) is 75.7 Å². The van der Waals surface area contributed by atoms with Crippen molar-refractivity contribution in [3.05, 3.63) is 23.8 Å². The minimum atomic E-state index is -2.41. The maximum absolute atomic E-state index is 14.0. The van der Waals surface area contributed by atoms with Gasteiger partial charge in [0.15, 0.2) is 22.2 Å². The van der Waals surface area contributed by atoms with Gasteiger partial charge in [0.05, 0.1) is 26.4 Å². The Morgan fingerprint density at radius 2 is 1.47 bits per heavy atom. The zero-order valence-electron chi connectivity index (χ0n) is 31.9. The van der Waals surface area contributed by atoms with Crippen molar-refractivity contribution >= 4 is 36.6 Å². The molecule has 0 aromatic rings. The van der Waals surface area contributed by atoms with Gasteiger partial charge in [-0.15, -0.1) is 0 Å². The molecule has 2 aliphatic rings. The lowest BCUT2D eigenvalue weighted by Crippen LogP contribution is -2.58. The van der Waals surface area contributed by atoms with E-state index in [-0.39, 0.29) is 45.8 Å². The van der Waals surface area contributed by atoms with Crippen molar-refractivity contribution in [1.82, 2.24) is 4.90 Å². The molecule has 0 bridgehead atoms. The van der Waals surface area contributed by atoms with E-state index in [2.05, 4.69) is 105 Å². The molecule has 0 saturated carbocycles. The molecule has 1 saturated heterocycles. The van der Waals surface area contributed by atoms with E-state index in [1.807, 2.05) is 27.7 Å². The average Bonchev–Trinajstić information content (AvgIpc) is 3.46. The summed E-state index contributed by atoms with van der Waals surface area (Å²) in [6, 6.07) is 0.0319. The molecule has 45 heavy (non-hydrogen) atoms. The number of nitrogens with zero attached hydrogens (tertiary/aromatic N) is 1. The Bertz CT molecular complexity index is 1130. The number of carbonyl (C=O) groups excluding carboxylic acids is 2. The largest absolute Gasteiger partial charge is 0.464 e. The molecule has 2 heterocycles. The van der Waals surface area contributed by atoms with E-state index >= 15 is 0 Å². The summed E-state index contributed by atoms with van der Waals surface area (Å²) in [5.41, 5.74) is 0.129. The van der Waals surface area contributed by atoms with E-state index in [4.69, 9.17) is 18.3 Å². The van der Waals surface area contributed by atoms with Gasteiger partial charge in [-0.2, -0.15) is 0 Å². The topological polar surface area (TPSA) is 74.3 Å². The van der Waals surface area contributed by atoms with Gasteiger partial charge >= 0.3 is 11.9 Å². The zero-order valence-corrected chi connectivity index (χ0v) is 34.9. The summed E-state index contributed by atoms with van der Waals surface area (Å²) in [7, 11) is -6.09. The number of fused-ring (bicyclic) bond motifs is 1. The minimum Gasteiger partial charge on any atom is -0.464 e. The second kappa shape index (κ2) is 13.8. The highest BCUT2D eigenvalue weighted by Crippen LogP contribution is 2.44. The van der Waals surface area contributed by atoms with Gasteiger partial charge < -0.3 is 18.3 Å². The molecule has 0 spiro atoms. The number of hydrogen-bond acceptors (Lipinski definition) is 7. The van der Waals surface area contributed by atoms with Crippen molar-refractivity contribution in [2.24, 2.45) is 11.8 Å². The van der Waals surface area contributed by atoms with E-state index in [1.165, 1.54) is 5.57 Å². The van der Waals surface area contributed by atoms with Crippen LogP contribution in [0.15, 0.2) is 23.8 Å². The van der Waals surface area contributed by atoms with Gasteiger partial charge in [-0.05, 0) is 68.0 Å². The molecule has 0 amide bonds. The third-order valence-electron chi connectivity index (χ3n) is 11.7. The summed E-state index contributed by atoms with van der Waals surface area (Å²) in [6.45, 7) is 42.9. The second-order valence-electron chi connectivity index (χ2n) is 18.0.